The van der Waals surface area contributed by atoms with Crippen molar-refractivity contribution >= 4 is 17.5 Å². The van der Waals surface area contributed by atoms with Crippen LogP contribution in [0.15, 0.2) is 12.3 Å². The zero-order valence-electron chi connectivity index (χ0n) is 8.59. The van der Waals surface area contributed by atoms with E-state index in [4.69, 9.17) is 16.7 Å². The number of hydrogen-bond donors (Lipinski definition) is 2. The normalized spacial score (nSPS) is 11.6. The number of carbonyl (C=O) groups is 1. The Morgan fingerprint density at radius 1 is 1.53 bits per heavy atom. The molecule has 1 amide bonds. The van der Waals surface area contributed by atoms with Crippen LogP contribution in [-0.2, 0) is 0 Å². The molecule has 0 aliphatic rings. The van der Waals surface area contributed by atoms with Gasteiger partial charge in [0.05, 0.1) is 11.6 Å². The Hall–Kier alpha value is -1.21. The Morgan fingerprint density at radius 3 is 2.59 bits per heavy atom. The van der Waals surface area contributed by atoms with E-state index in [1.807, 2.05) is 0 Å². The van der Waals surface area contributed by atoms with E-state index in [9.17, 15) is 18.0 Å². The van der Waals surface area contributed by atoms with E-state index in [0.717, 1.165) is 0 Å². The molecule has 1 aromatic heterocycles. The lowest BCUT2D eigenvalue weighted by Gasteiger charge is -2.22. The second-order valence-corrected chi connectivity index (χ2v) is 3.73. The monoisotopic (exact) mass is 270 g/mol. The molecule has 0 saturated heterocycles. The largest absolute Gasteiger partial charge is 0.406 e. The van der Waals surface area contributed by atoms with Gasteiger partial charge >= 0.3 is 6.18 Å². The summed E-state index contributed by atoms with van der Waals surface area (Å²) in [6, 6.07) is 1.23. The van der Waals surface area contributed by atoms with Crippen molar-refractivity contribution in [2.45, 2.75) is 6.18 Å². The summed E-state index contributed by atoms with van der Waals surface area (Å²) >= 11 is 5.55. The fourth-order valence-corrected chi connectivity index (χ4v) is 1.41. The summed E-state index contributed by atoms with van der Waals surface area (Å²) in [6.45, 7) is -2.35. The van der Waals surface area contributed by atoms with Gasteiger partial charge in [-0.3, -0.25) is 4.79 Å². The summed E-state index contributed by atoms with van der Waals surface area (Å²) in [5.74, 6) is -0.858. The number of aliphatic hydroxyl groups is 1. The molecule has 17 heavy (non-hydrogen) atoms. The van der Waals surface area contributed by atoms with Crippen LogP contribution in [0.1, 0.15) is 10.5 Å². The van der Waals surface area contributed by atoms with Crippen molar-refractivity contribution < 1.29 is 23.1 Å². The number of H-pyrrole nitrogens is 1. The fraction of sp³-hybridized carbons (Fsp3) is 0.444. The molecule has 0 aliphatic heterocycles. The highest BCUT2D eigenvalue weighted by molar-refractivity contribution is 6.30. The molecule has 0 atom stereocenters. The number of carbonyl (C=O) groups excluding carboxylic acids is 1. The molecule has 1 aromatic rings. The Morgan fingerprint density at radius 2 is 2.18 bits per heavy atom. The van der Waals surface area contributed by atoms with Crippen molar-refractivity contribution in [3.63, 3.8) is 0 Å². The van der Waals surface area contributed by atoms with Crippen LogP contribution in [0, 0.1) is 0 Å². The standard InChI is InChI=1S/C9H10ClF3N2O2/c10-6-3-7(14-4-6)8(17)15(1-2-16)5-9(11,12)13/h3-4,14,16H,1-2,5H2. The van der Waals surface area contributed by atoms with Crippen molar-refractivity contribution in [1.82, 2.24) is 9.88 Å². The van der Waals surface area contributed by atoms with Crippen molar-refractivity contribution in [3.05, 3.63) is 23.0 Å². The van der Waals surface area contributed by atoms with E-state index in [-0.39, 0.29) is 10.7 Å². The molecule has 0 fully saturated rings. The molecule has 8 heteroatoms. The van der Waals surface area contributed by atoms with Crippen molar-refractivity contribution in [2.75, 3.05) is 19.7 Å². The third-order valence-corrected chi connectivity index (χ3v) is 2.12. The maximum absolute atomic E-state index is 12.2. The summed E-state index contributed by atoms with van der Waals surface area (Å²) in [5.41, 5.74) is -0.0484. The first-order valence-electron chi connectivity index (χ1n) is 4.64. The van der Waals surface area contributed by atoms with E-state index in [1.54, 1.807) is 0 Å². The van der Waals surface area contributed by atoms with Gasteiger partial charge in [0.15, 0.2) is 0 Å². The van der Waals surface area contributed by atoms with Crippen LogP contribution >= 0.6 is 11.6 Å². The van der Waals surface area contributed by atoms with Crippen LogP contribution in [0.3, 0.4) is 0 Å². The van der Waals surface area contributed by atoms with Gasteiger partial charge < -0.3 is 15.0 Å². The number of rotatable bonds is 4. The average Bonchev–Trinajstić information content (AvgIpc) is 2.61. The molecular formula is C9H10ClF3N2O2. The summed E-state index contributed by atoms with van der Waals surface area (Å²) in [4.78, 5) is 14.6. The van der Waals surface area contributed by atoms with Crippen LogP contribution in [0.2, 0.25) is 5.02 Å². The first-order chi connectivity index (χ1) is 7.83. The van der Waals surface area contributed by atoms with Gasteiger partial charge in [0, 0.05) is 12.7 Å². The van der Waals surface area contributed by atoms with Gasteiger partial charge in [-0.25, -0.2) is 0 Å². The van der Waals surface area contributed by atoms with Gasteiger partial charge in [-0.05, 0) is 6.07 Å². The van der Waals surface area contributed by atoms with E-state index in [0.29, 0.717) is 4.90 Å². The molecule has 4 nitrogen and oxygen atoms in total. The Labute approximate surface area is 100.0 Å². The molecule has 0 bridgehead atoms. The summed E-state index contributed by atoms with van der Waals surface area (Å²) in [5, 5.41) is 8.86. The zero-order chi connectivity index (χ0) is 13.1. The lowest BCUT2D eigenvalue weighted by Crippen LogP contribution is -2.40. The first kappa shape index (κ1) is 13.9. The number of alkyl halides is 3. The second-order valence-electron chi connectivity index (χ2n) is 3.30. The lowest BCUT2D eigenvalue weighted by atomic mass is 10.3. The van der Waals surface area contributed by atoms with Crippen molar-refractivity contribution in [3.8, 4) is 0 Å². The van der Waals surface area contributed by atoms with Gasteiger partial charge in [-0.15, -0.1) is 0 Å². The summed E-state index contributed by atoms with van der Waals surface area (Å²) in [7, 11) is 0. The Kier molecular flexibility index (Phi) is 4.41. The third kappa shape index (κ3) is 4.27. The molecule has 1 heterocycles. The first-order valence-corrected chi connectivity index (χ1v) is 5.02. The van der Waals surface area contributed by atoms with E-state index < -0.39 is 31.8 Å². The van der Waals surface area contributed by atoms with Gasteiger partial charge in [0.2, 0.25) is 0 Å². The quantitative estimate of drug-likeness (QED) is 0.874. The van der Waals surface area contributed by atoms with Gasteiger partial charge in [-0.1, -0.05) is 11.6 Å². The number of nitrogens with zero attached hydrogens (tertiary/aromatic N) is 1. The summed E-state index contributed by atoms with van der Waals surface area (Å²) in [6.07, 6.45) is -3.22. The maximum atomic E-state index is 12.2. The number of halogens is 4. The predicted octanol–water partition coefficient (Wildman–Crippen LogP) is 1.66. The van der Waals surface area contributed by atoms with Crippen LogP contribution in [0.5, 0.6) is 0 Å². The third-order valence-electron chi connectivity index (χ3n) is 1.91. The average molecular weight is 271 g/mol. The highest BCUT2D eigenvalue weighted by Crippen LogP contribution is 2.18. The molecule has 0 radical (unpaired) electrons. The molecule has 96 valence electrons. The molecule has 2 N–H and O–H groups in total. The molecule has 0 unspecified atom stereocenters. The molecular weight excluding hydrogens is 261 g/mol. The predicted molar refractivity (Wildman–Crippen MR) is 54.8 cm³/mol. The number of amides is 1. The smallest absolute Gasteiger partial charge is 0.395 e. The van der Waals surface area contributed by atoms with Crippen molar-refractivity contribution in [1.29, 1.82) is 0 Å². The highest BCUT2D eigenvalue weighted by Gasteiger charge is 2.33. The maximum Gasteiger partial charge on any atom is 0.406 e. The van der Waals surface area contributed by atoms with Gasteiger partial charge in [0.25, 0.3) is 5.91 Å². The van der Waals surface area contributed by atoms with Gasteiger partial charge in [0.1, 0.15) is 12.2 Å². The number of hydrogen-bond acceptors (Lipinski definition) is 2. The minimum Gasteiger partial charge on any atom is -0.395 e. The van der Waals surface area contributed by atoms with Crippen LogP contribution < -0.4 is 0 Å². The zero-order valence-corrected chi connectivity index (χ0v) is 9.35. The second kappa shape index (κ2) is 5.42. The molecule has 1 rings (SSSR count). The van der Waals surface area contributed by atoms with E-state index in [1.165, 1.54) is 12.3 Å². The SMILES string of the molecule is O=C(c1cc(Cl)c[nH]1)N(CCO)CC(F)(F)F. The number of aromatic amines is 1. The van der Waals surface area contributed by atoms with Crippen LogP contribution in [0.25, 0.3) is 0 Å². The number of aliphatic hydroxyl groups excluding tert-OH is 1. The highest BCUT2D eigenvalue weighted by atomic mass is 35.5. The van der Waals surface area contributed by atoms with Crippen LogP contribution in [0.4, 0.5) is 13.2 Å². The molecule has 0 saturated carbocycles. The Balaban J connectivity index is 2.80. The topological polar surface area (TPSA) is 56.3 Å². The van der Waals surface area contributed by atoms with Crippen LogP contribution in [-0.4, -0.2) is 46.8 Å². The fourth-order valence-electron chi connectivity index (χ4n) is 1.25. The Bertz CT molecular complexity index is 392. The molecule has 0 aromatic carbocycles. The van der Waals surface area contributed by atoms with Gasteiger partial charge in [-0.2, -0.15) is 13.2 Å². The van der Waals surface area contributed by atoms with E-state index >= 15 is 0 Å². The van der Waals surface area contributed by atoms with E-state index in [2.05, 4.69) is 4.98 Å². The minimum atomic E-state index is -4.51. The number of aromatic nitrogens is 1. The summed E-state index contributed by atoms with van der Waals surface area (Å²) < 4.78 is 36.6. The number of nitrogens with one attached hydrogen (secondary N) is 1. The van der Waals surface area contributed by atoms with Crippen molar-refractivity contribution in [2.24, 2.45) is 0 Å². The molecule has 0 aliphatic carbocycles. The minimum absolute atomic E-state index is 0.0484. The lowest BCUT2D eigenvalue weighted by molar-refractivity contribution is -0.141. The molecule has 0 spiro atoms.